The van der Waals surface area contributed by atoms with Gasteiger partial charge in [0.2, 0.25) is 0 Å². The number of aromatic nitrogens is 1. The lowest BCUT2D eigenvalue weighted by Gasteiger charge is -2.27. The van der Waals surface area contributed by atoms with Gasteiger partial charge in [-0.15, -0.1) is 0 Å². The molecule has 0 amide bonds. The lowest BCUT2D eigenvalue weighted by atomic mass is 9.95. The summed E-state index contributed by atoms with van der Waals surface area (Å²) in [6, 6.07) is 6.37. The molecule has 1 aromatic heterocycles. The molecule has 2 aromatic rings. The van der Waals surface area contributed by atoms with Gasteiger partial charge in [0.1, 0.15) is 11.9 Å². The number of pyridine rings is 1. The van der Waals surface area contributed by atoms with Crippen molar-refractivity contribution in [1.82, 2.24) is 9.88 Å². The third-order valence-corrected chi connectivity index (χ3v) is 7.07. The van der Waals surface area contributed by atoms with Gasteiger partial charge < -0.3 is 24.6 Å². The molecule has 37 heavy (non-hydrogen) atoms. The smallest absolute Gasteiger partial charge is 0.325 e. The molecule has 0 saturated carbocycles. The minimum absolute atomic E-state index is 0.0150. The average Bonchev–Trinajstić information content (AvgIpc) is 3.33. The number of nitrogens with one attached hydrogen (secondary N) is 1. The molecule has 9 heteroatoms. The van der Waals surface area contributed by atoms with E-state index in [0.29, 0.717) is 44.9 Å². The van der Waals surface area contributed by atoms with Crippen LogP contribution in [0.25, 0.3) is 0 Å². The third kappa shape index (κ3) is 6.77. The Kier molecular flexibility index (Phi) is 9.34. The molecule has 4 rings (SSSR count). The van der Waals surface area contributed by atoms with Crippen molar-refractivity contribution in [3.8, 4) is 5.75 Å². The molecular formula is C28H38FN3O5. The van der Waals surface area contributed by atoms with E-state index in [0.717, 1.165) is 42.9 Å². The summed E-state index contributed by atoms with van der Waals surface area (Å²) in [6.07, 6.45) is 3.54. The van der Waals surface area contributed by atoms with Crippen LogP contribution in [-0.4, -0.2) is 73.6 Å². The van der Waals surface area contributed by atoms with Gasteiger partial charge in [0.15, 0.2) is 11.6 Å². The Morgan fingerprint density at radius 2 is 2.11 bits per heavy atom. The van der Waals surface area contributed by atoms with Gasteiger partial charge in [-0.05, 0) is 54.5 Å². The number of carbonyl (C=O) groups is 1. The van der Waals surface area contributed by atoms with E-state index >= 15 is 0 Å². The number of likely N-dealkylation sites (tertiary alicyclic amines) is 1. The van der Waals surface area contributed by atoms with Gasteiger partial charge in [-0.25, -0.2) is 9.37 Å². The number of carboxylic acid groups (broad SMARTS) is 1. The largest absolute Gasteiger partial charge is 0.493 e. The normalized spacial score (nSPS) is 18.5. The Hall–Kier alpha value is -2.75. The molecule has 202 valence electrons. The van der Waals surface area contributed by atoms with Crippen LogP contribution in [0.5, 0.6) is 5.75 Å². The molecular weight excluding hydrogens is 477 g/mol. The molecule has 8 nitrogen and oxygen atoms in total. The summed E-state index contributed by atoms with van der Waals surface area (Å²) in [7, 11) is 1.37. The van der Waals surface area contributed by atoms with Gasteiger partial charge in [0, 0.05) is 37.3 Å². The second-order valence-electron chi connectivity index (χ2n) is 10.0. The first-order chi connectivity index (χ1) is 17.9. The van der Waals surface area contributed by atoms with Gasteiger partial charge in [0.05, 0.1) is 33.0 Å². The van der Waals surface area contributed by atoms with E-state index in [9.17, 15) is 14.3 Å². The Bertz CT molecular complexity index is 1080. The minimum atomic E-state index is -1.03. The molecule has 0 unspecified atom stereocenters. The summed E-state index contributed by atoms with van der Waals surface area (Å²) >= 11 is 0. The van der Waals surface area contributed by atoms with Crippen molar-refractivity contribution in [3.05, 3.63) is 52.5 Å². The molecule has 3 heterocycles. The van der Waals surface area contributed by atoms with Crippen molar-refractivity contribution >= 4 is 11.8 Å². The first-order valence-corrected chi connectivity index (χ1v) is 13.1. The fourth-order valence-corrected chi connectivity index (χ4v) is 5.06. The summed E-state index contributed by atoms with van der Waals surface area (Å²) in [5.41, 5.74) is 3.36. The van der Waals surface area contributed by atoms with Crippen LogP contribution in [0.15, 0.2) is 24.3 Å². The number of halogens is 1. The second-order valence-corrected chi connectivity index (χ2v) is 10.0. The number of aryl methyl sites for hydroxylation is 1. The number of rotatable bonds is 12. The highest BCUT2D eigenvalue weighted by Gasteiger charge is 2.36. The van der Waals surface area contributed by atoms with E-state index < -0.39 is 17.8 Å². The standard InChI is InChI=1S/C28H38FN3O5/c1-18(2)20-15-23(26(35-3)24(29)16-20)25(28(33)34)32-11-8-22(17-32)37-14-13-36-12-9-21-7-6-19-5-4-10-30-27(19)31-21/h6-7,15-16,18,22,25H,4-5,8-14,17H2,1-3H3,(H,30,31)(H,33,34)/t22-,25+/m1/s1. The number of hydrogen-bond acceptors (Lipinski definition) is 7. The summed E-state index contributed by atoms with van der Waals surface area (Å²) < 4.78 is 31.7. The molecule has 2 N–H and O–H groups in total. The number of fused-ring (bicyclic) bond motifs is 1. The Balaban J connectivity index is 1.25. The van der Waals surface area contributed by atoms with Crippen molar-refractivity contribution in [3.63, 3.8) is 0 Å². The number of ether oxygens (including phenoxy) is 3. The SMILES string of the molecule is COc1c(F)cc(C(C)C)cc1[C@@H](C(=O)O)N1CC[C@@H](OCCOCCc2ccc3c(n2)NCCC3)C1. The molecule has 0 aliphatic carbocycles. The maximum atomic E-state index is 14.7. The quantitative estimate of drug-likeness (QED) is 0.407. The van der Waals surface area contributed by atoms with Crippen LogP contribution in [0.2, 0.25) is 0 Å². The predicted molar refractivity (Wildman–Crippen MR) is 139 cm³/mol. The molecule has 2 aliphatic heterocycles. The first kappa shape index (κ1) is 27.3. The zero-order valence-electron chi connectivity index (χ0n) is 22.0. The van der Waals surface area contributed by atoms with E-state index in [1.807, 2.05) is 18.7 Å². The number of methoxy groups -OCH3 is 1. The fraction of sp³-hybridized carbons (Fsp3) is 0.571. The maximum absolute atomic E-state index is 14.7. The maximum Gasteiger partial charge on any atom is 0.325 e. The van der Waals surface area contributed by atoms with E-state index in [1.54, 1.807) is 6.07 Å². The summed E-state index contributed by atoms with van der Waals surface area (Å²) in [6.45, 7) is 7.29. The van der Waals surface area contributed by atoms with E-state index in [1.165, 1.54) is 18.7 Å². The summed E-state index contributed by atoms with van der Waals surface area (Å²) in [5, 5.41) is 13.4. The molecule has 2 atom stereocenters. The molecule has 0 bridgehead atoms. The van der Waals surface area contributed by atoms with E-state index in [4.69, 9.17) is 14.2 Å². The lowest BCUT2D eigenvalue weighted by molar-refractivity contribution is -0.143. The molecule has 2 aliphatic rings. The minimum Gasteiger partial charge on any atom is -0.493 e. The van der Waals surface area contributed by atoms with Crippen LogP contribution in [0.1, 0.15) is 61.0 Å². The van der Waals surface area contributed by atoms with Crippen molar-refractivity contribution in [2.24, 2.45) is 0 Å². The van der Waals surface area contributed by atoms with Crippen molar-refractivity contribution in [2.75, 3.05) is 51.9 Å². The zero-order chi connectivity index (χ0) is 26.4. The predicted octanol–water partition coefficient (Wildman–Crippen LogP) is 4.19. The molecule has 0 radical (unpaired) electrons. The monoisotopic (exact) mass is 515 g/mol. The molecule has 1 aromatic carbocycles. The number of anilines is 1. The topological polar surface area (TPSA) is 93.2 Å². The number of hydrogen-bond donors (Lipinski definition) is 2. The van der Waals surface area contributed by atoms with E-state index in [2.05, 4.69) is 22.4 Å². The van der Waals surface area contributed by atoms with Crippen molar-refractivity contribution < 1.29 is 28.5 Å². The Morgan fingerprint density at radius 3 is 2.86 bits per heavy atom. The number of carboxylic acids is 1. The van der Waals surface area contributed by atoms with Crippen molar-refractivity contribution in [1.29, 1.82) is 0 Å². The van der Waals surface area contributed by atoms with Crippen LogP contribution in [0, 0.1) is 5.82 Å². The van der Waals surface area contributed by atoms with Crippen molar-refractivity contribution in [2.45, 2.75) is 57.6 Å². The Labute approximate surface area is 218 Å². The van der Waals surface area contributed by atoms with Crippen LogP contribution in [-0.2, 0) is 27.1 Å². The summed E-state index contributed by atoms with van der Waals surface area (Å²) in [5.74, 6) is -0.537. The van der Waals surface area contributed by atoms with Gasteiger partial charge >= 0.3 is 5.97 Å². The molecule has 1 fully saturated rings. The van der Waals surface area contributed by atoms with Crippen LogP contribution < -0.4 is 10.1 Å². The number of aliphatic carboxylic acids is 1. The van der Waals surface area contributed by atoms with Gasteiger partial charge in [-0.3, -0.25) is 9.69 Å². The Morgan fingerprint density at radius 1 is 1.27 bits per heavy atom. The third-order valence-electron chi connectivity index (χ3n) is 7.07. The highest BCUT2D eigenvalue weighted by Crippen LogP contribution is 2.36. The first-order valence-electron chi connectivity index (χ1n) is 13.1. The summed E-state index contributed by atoms with van der Waals surface area (Å²) in [4.78, 5) is 18.8. The van der Waals surface area contributed by atoms with Crippen LogP contribution >= 0.6 is 0 Å². The number of benzene rings is 1. The molecule has 1 saturated heterocycles. The average molecular weight is 516 g/mol. The van der Waals surface area contributed by atoms with Crippen LogP contribution in [0.3, 0.4) is 0 Å². The zero-order valence-corrected chi connectivity index (χ0v) is 22.0. The van der Waals surface area contributed by atoms with Gasteiger partial charge in [-0.2, -0.15) is 0 Å². The fourth-order valence-electron chi connectivity index (χ4n) is 5.06. The van der Waals surface area contributed by atoms with Gasteiger partial charge in [-0.1, -0.05) is 19.9 Å². The number of nitrogens with zero attached hydrogens (tertiary/aromatic N) is 2. The molecule has 0 spiro atoms. The lowest BCUT2D eigenvalue weighted by Crippen LogP contribution is -2.34. The highest BCUT2D eigenvalue weighted by molar-refractivity contribution is 5.77. The van der Waals surface area contributed by atoms with E-state index in [-0.39, 0.29) is 17.8 Å². The second kappa shape index (κ2) is 12.7. The highest BCUT2D eigenvalue weighted by atomic mass is 19.1. The van der Waals surface area contributed by atoms with Gasteiger partial charge in [0.25, 0.3) is 0 Å². The van der Waals surface area contributed by atoms with Crippen LogP contribution in [0.4, 0.5) is 10.2 Å².